The number of fused-ring (bicyclic) bond motifs is 1. The highest BCUT2D eigenvalue weighted by Crippen LogP contribution is 2.60. The summed E-state index contributed by atoms with van der Waals surface area (Å²) in [6.45, 7) is 5.79. The molecule has 3 atom stereocenters. The van der Waals surface area contributed by atoms with Gasteiger partial charge in [0.15, 0.2) is 0 Å². The van der Waals surface area contributed by atoms with E-state index in [0.717, 1.165) is 6.42 Å². The van der Waals surface area contributed by atoms with Crippen LogP contribution in [0.4, 0.5) is 4.79 Å². The predicted octanol–water partition coefficient (Wildman–Crippen LogP) is 3.16. The average Bonchev–Trinajstić information content (AvgIpc) is 3.15. The van der Waals surface area contributed by atoms with Crippen molar-refractivity contribution < 1.29 is 23.8 Å². The highest BCUT2D eigenvalue weighted by molar-refractivity contribution is 9.10. The highest BCUT2D eigenvalue weighted by atomic mass is 79.9. The van der Waals surface area contributed by atoms with Gasteiger partial charge in [0.25, 0.3) is 0 Å². The fraction of sp³-hybridized carbons (Fsp3) is 0.611. The molecule has 0 unspecified atom stereocenters. The van der Waals surface area contributed by atoms with E-state index in [1.54, 1.807) is 26.8 Å². The Bertz CT molecular complexity index is 720. The van der Waals surface area contributed by atoms with Gasteiger partial charge in [0.2, 0.25) is 5.88 Å². The lowest BCUT2D eigenvalue weighted by molar-refractivity contribution is -0.146. The molecule has 1 aliphatic carbocycles. The van der Waals surface area contributed by atoms with E-state index in [1.165, 1.54) is 12.0 Å². The maximum Gasteiger partial charge on any atom is 0.411 e. The number of ether oxygens (including phenoxy) is 3. The largest absolute Gasteiger partial charge is 0.477 e. The van der Waals surface area contributed by atoms with Gasteiger partial charge in [0, 0.05) is 17.5 Å². The van der Waals surface area contributed by atoms with Gasteiger partial charge in [-0.05, 0) is 55.6 Å². The summed E-state index contributed by atoms with van der Waals surface area (Å²) in [5.41, 5.74) is -0.894. The first-order valence-electron chi connectivity index (χ1n) is 8.50. The predicted molar refractivity (Wildman–Crippen MR) is 96.8 cm³/mol. The molecule has 1 amide bonds. The van der Waals surface area contributed by atoms with Crippen molar-refractivity contribution in [2.75, 3.05) is 13.7 Å². The molecule has 0 aromatic carbocycles. The third kappa shape index (κ3) is 3.79. The summed E-state index contributed by atoms with van der Waals surface area (Å²) in [5.74, 6) is 0.0766. The number of halogens is 1. The fourth-order valence-corrected chi connectivity index (χ4v) is 3.77. The van der Waals surface area contributed by atoms with Gasteiger partial charge in [-0.25, -0.2) is 14.6 Å². The number of nitrogens with zero attached hydrogens (tertiary/aromatic N) is 2. The molecular formula is C18H23BrN2O5. The van der Waals surface area contributed by atoms with E-state index in [-0.39, 0.29) is 11.5 Å². The van der Waals surface area contributed by atoms with E-state index in [2.05, 4.69) is 20.9 Å². The van der Waals surface area contributed by atoms with Crippen molar-refractivity contribution in [1.82, 2.24) is 9.88 Å². The van der Waals surface area contributed by atoms with Gasteiger partial charge in [-0.2, -0.15) is 0 Å². The normalized spacial score (nSPS) is 26.9. The molecule has 26 heavy (non-hydrogen) atoms. The first-order valence-corrected chi connectivity index (χ1v) is 9.29. The van der Waals surface area contributed by atoms with Gasteiger partial charge in [-0.15, -0.1) is 0 Å². The highest BCUT2D eigenvalue weighted by Gasteiger charge is 2.68. The lowest BCUT2D eigenvalue weighted by Gasteiger charge is -2.29. The van der Waals surface area contributed by atoms with E-state index < -0.39 is 23.7 Å². The molecule has 2 fully saturated rings. The zero-order chi connectivity index (χ0) is 19.1. The molecule has 0 N–H and O–H groups in total. The second kappa shape index (κ2) is 6.72. The Morgan fingerprint density at radius 1 is 1.35 bits per heavy atom. The topological polar surface area (TPSA) is 78.0 Å². The van der Waals surface area contributed by atoms with Crippen LogP contribution in [0.15, 0.2) is 22.8 Å². The lowest BCUT2D eigenvalue weighted by atomic mass is 10.0. The molecule has 2 aliphatic rings. The fourth-order valence-electron chi connectivity index (χ4n) is 3.44. The summed E-state index contributed by atoms with van der Waals surface area (Å²) in [4.78, 5) is 30.6. The summed E-state index contributed by atoms with van der Waals surface area (Å²) < 4.78 is 16.9. The Labute approximate surface area is 161 Å². The third-order valence-electron chi connectivity index (χ3n) is 4.69. The van der Waals surface area contributed by atoms with Crippen LogP contribution < -0.4 is 4.74 Å². The Morgan fingerprint density at radius 3 is 2.69 bits per heavy atom. The van der Waals surface area contributed by atoms with Crippen LogP contribution in [0.1, 0.15) is 33.6 Å². The van der Waals surface area contributed by atoms with E-state index in [1.807, 2.05) is 12.1 Å². The number of methoxy groups -OCH3 is 1. The molecule has 0 bridgehead atoms. The Morgan fingerprint density at radius 2 is 2.08 bits per heavy atom. The van der Waals surface area contributed by atoms with Crippen molar-refractivity contribution in [3.63, 3.8) is 0 Å². The van der Waals surface area contributed by atoms with Crippen LogP contribution >= 0.6 is 15.9 Å². The average molecular weight is 427 g/mol. The monoisotopic (exact) mass is 426 g/mol. The number of carbonyl (C=O) groups is 2. The number of pyridine rings is 1. The summed E-state index contributed by atoms with van der Waals surface area (Å²) in [6.07, 6.45) is 0.781. The number of likely N-dealkylation sites (tertiary alicyclic amines) is 1. The number of hydrogen-bond donors (Lipinski definition) is 0. The number of hydrogen-bond acceptors (Lipinski definition) is 6. The minimum Gasteiger partial charge on any atom is -0.477 e. The molecule has 1 aromatic rings. The molecule has 1 saturated heterocycles. The van der Waals surface area contributed by atoms with Crippen LogP contribution in [-0.2, 0) is 14.3 Å². The van der Waals surface area contributed by atoms with Crippen LogP contribution in [0.25, 0.3) is 0 Å². The van der Waals surface area contributed by atoms with Crippen molar-refractivity contribution in [1.29, 1.82) is 0 Å². The van der Waals surface area contributed by atoms with Crippen LogP contribution in [0, 0.1) is 5.41 Å². The van der Waals surface area contributed by atoms with Crippen LogP contribution in [0.2, 0.25) is 0 Å². The second-order valence-electron chi connectivity index (χ2n) is 7.80. The quantitative estimate of drug-likeness (QED) is 0.543. The Balaban J connectivity index is 1.73. The van der Waals surface area contributed by atoms with E-state index in [9.17, 15) is 9.59 Å². The lowest BCUT2D eigenvalue weighted by Crippen LogP contribution is -2.46. The van der Waals surface area contributed by atoms with E-state index in [0.29, 0.717) is 23.5 Å². The van der Waals surface area contributed by atoms with E-state index in [4.69, 9.17) is 14.2 Å². The van der Waals surface area contributed by atoms with Crippen molar-refractivity contribution in [3.8, 4) is 5.88 Å². The molecule has 2 heterocycles. The number of rotatable bonds is 4. The van der Waals surface area contributed by atoms with Crippen LogP contribution in [0.5, 0.6) is 5.88 Å². The van der Waals surface area contributed by atoms with Crippen molar-refractivity contribution in [3.05, 3.63) is 22.8 Å². The number of esters is 1. The second-order valence-corrected chi connectivity index (χ2v) is 8.61. The van der Waals surface area contributed by atoms with Crippen molar-refractivity contribution in [2.45, 2.75) is 51.3 Å². The first-order chi connectivity index (χ1) is 12.1. The molecule has 8 heteroatoms. The molecule has 3 rings (SSSR count). The van der Waals surface area contributed by atoms with Crippen LogP contribution in [0.3, 0.4) is 0 Å². The third-order valence-corrected chi connectivity index (χ3v) is 5.13. The molecule has 0 spiro atoms. The standard InChI is InChI=1S/C18H23BrN2O5/c1-17(2,3)26-16(23)21-11(15(22)24-4)8-18(9-12(18)21)10-25-14-7-5-6-13(19)20-14/h5-7,11-12H,8-10H2,1-4H3/t11-,12+,18-/m0/s1. The number of amides is 1. The number of carbonyl (C=O) groups excluding carboxylic acids is 2. The summed E-state index contributed by atoms with van der Waals surface area (Å²) in [5, 5.41) is 0. The summed E-state index contributed by atoms with van der Waals surface area (Å²) >= 11 is 3.31. The molecule has 1 aliphatic heterocycles. The van der Waals surface area contributed by atoms with Crippen molar-refractivity contribution in [2.24, 2.45) is 5.41 Å². The van der Waals surface area contributed by atoms with Crippen LogP contribution in [-0.4, -0.2) is 53.3 Å². The molecule has 0 radical (unpaired) electrons. The zero-order valence-electron chi connectivity index (χ0n) is 15.3. The molecule has 1 saturated carbocycles. The smallest absolute Gasteiger partial charge is 0.411 e. The van der Waals surface area contributed by atoms with Gasteiger partial charge in [-0.1, -0.05) is 6.07 Å². The Hall–Kier alpha value is -1.83. The van der Waals surface area contributed by atoms with Gasteiger partial charge < -0.3 is 14.2 Å². The molecule has 7 nitrogen and oxygen atoms in total. The zero-order valence-corrected chi connectivity index (χ0v) is 16.9. The maximum atomic E-state index is 12.6. The SMILES string of the molecule is COC(=O)[C@@H]1C[C@@]2(COc3cccc(Br)n3)C[C@H]2N1C(=O)OC(C)(C)C. The first kappa shape index (κ1) is 18.9. The van der Waals surface area contributed by atoms with Gasteiger partial charge in [0.1, 0.15) is 16.2 Å². The molecular weight excluding hydrogens is 404 g/mol. The summed E-state index contributed by atoms with van der Waals surface area (Å²) in [7, 11) is 1.33. The minimum absolute atomic E-state index is 0.0893. The van der Waals surface area contributed by atoms with Gasteiger partial charge in [-0.3, -0.25) is 4.90 Å². The molecule has 1 aromatic heterocycles. The van der Waals surface area contributed by atoms with E-state index >= 15 is 0 Å². The maximum absolute atomic E-state index is 12.6. The number of aromatic nitrogens is 1. The minimum atomic E-state index is -0.646. The van der Waals surface area contributed by atoms with Crippen molar-refractivity contribution >= 4 is 28.0 Å². The van der Waals surface area contributed by atoms with Gasteiger partial charge >= 0.3 is 12.1 Å². The Kier molecular flexibility index (Phi) is 4.90. The van der Waals surface area contributed by atoms with Gasteiger partial charge in [0.05, 0.1) is 13.7 Å². The number of piperidine rings is 1. The summed E-state index contributed by atoms with van der Waals surface area (Å²) in [6, 6.07) is 4.70. The molecule has 142 valence electrons.